The first-order chi connectivity index (χ1) is 39.2. The summed E-state index contributed by atoms with van der Waals surface area (Å²) in [5.74, 6) is 0. The Morgan fingerprint density at radius 3 is 1.05 bits per heavy atom. The highest BCUT2D eigenvalue weighted by molar-refractivity contribution is 6.24. The zero-order valence-electron chi connectivity index (χ0n) is 43.5. The summed E-state index contributed by atoms with van der Waals surface area (Å²) < 4.78 is 0. The molecule has 0 heteroatoms. The molecule has 0 fully saturated rings. The van der Waals surface area contributed by atoms with Crippen molar-refractivity contribution in [3.8, 4) is 89.0 Å². The van der Waals surface area contributed by atoms with Gasteiger partial charge in [0.1, 0.15) is 0 Å². The zero-order valence-corrected chi connectivity index (χ0v) is 43.5. The van der Waals surface area contributed by atoms with E-state index in [0.29, 0.717) is 0 Å². The molecule has 14 aromatic carbocycles. The van der Waals surface area contributed by atoms with Crippen molar-refractivity contribution in [2.75, 3.05) is 0 Å². The summed E-state index contributed by atoms with van der Waals surface area (Å²) in [7, 11) is 0. The molecule has 0 atom stereocenters. The van der Waals surface area contributed by atoms with E-state index >= 15 is 0 Å². The maximum absolute atomic E-state index is 2.55. The molecule has 14 aromatic rings. The normalized spacial score (nSPS) is 12.4. The fourth-order valence-electron chi connectivity index (χ4n) is 13.2. The average molecular weight is 1000 g/mol. The van der Waals surface area contributed by atoms with Crippen molar-refractivity contribution in [2.45, 2.75) is 5.41 Å². The highest BCUT2D eigenvalue weighted by atomic mass is 14.5. The molecule has 0 aliphatic heterocycles. The van der Waals surface area contributed by atoms with E-state index in [0.717, 1.165) is 0 Å². The van der Waals surface area contributed by atoms with Crippen LogP contribution in [0.4, 0.5) is 0 Å². The van der Waals surface area contributed by atoms with Crippen molar-refractivity contribution in [3.05, 3.63) is 338 Å². The number of rotatable bonds is 9. The van der Waals surface area contributed by atoms with Crippen LogP contribution in [0.2, 0.25) is 0 Å². The Labute approximate surface area is 461 Å². The maximum Gasteiger partial charge on any atom is 0.0714 e. The minimum Gasteiger partial charge on any atom is -0.0622 e. The lowest BCUT2D eigenvalue weighted by molar-refractivity contribution is 0.769. The van der Waals surface area contributed by atoms with Gasteiger partial charge >= 0.3 is 0 Å². The van der Waals surface area contributed by atoms with Crippen LogP contribution in [0.3, 0.4) is 0 Å². The van der Waals surface area contributed by atoms with Gasteiger partial charge in [-0.05, 0) is 180 Å². The molecule has 0 unspecified atom stereocenters. The molecular formula is C79H52. The third kappa shape index (κ3) is 7.67. The number of fused-ring (bicyclic) bond motifs is 6. The van der Waals surface area contributed by atoms with E-state index in [1.54, 1.807) is 0 Å². The number of hydrogen-bond acceptors (Lipinski definition) is 0. The lowest BCUT2D eigenvalue weighted by Gasteiger charge is -2.35. The first kappa shape index (κ1) is 46.2. The molecule has 1 aliphatic carbocycles. The molecule has 0 spiro atoms. The molecule has 79 heavy (non-hydrogen) atoms. The van der Waals surface area contributed by atoms with E-state index < -0.39 is 5.41 Å². The maximum atomic E-state index is 2.55. The van der Waals surface area contributed by atoms with E-state index in [4.69, 9.17) is 0 Å². The molecule has 15 rings (SSSR count). The van der Waals surface area contributed by atoms with Crippen LogP contribution >= 0.6 is 0 Å². The highest BCUT2D eigenvalue weighted by Gasteiger charge is 2.46. The van der Waals surface area contributed by atoms with Crippen LogP contribution in [-0.4, -0.2) is 0 Å². The van der Waals surface area contributed by atoms with Crippen LogP contribution in [0.15, 0.2) is 315 Å². The van der Waals surface area contributed by atoms with E-state index in [1.165, 1.54) is 144 Å². The van der Waals surface area contributed by atoms with E-state index in [9.17, 15) is 0 Å². The zero-order chi connectivity index (χ0) is 52.3. The molecule has 0 radical (unpaired) electrons. The predicted molar refractivity (Wildman–Crippen MR) is 334 cm³/mol. The molecule has 0 N–H and O–H groups in total. The van der Waals surface area contributed by atoms with Gasteiger partial charge in [0.2, 0.25) is 0 Å². The summed E-state index contributed by atoms with van der Waals surface area (Å²) in [5.41, 5.74) is 23.9. The molecule has 0 bridgehead atoms. The lowest BCUT2D eigenvalue weighted by Crippen LogP contribution is -2.28. The summed E-state index contributed by atoms with van der Waals surface area (Å²) in [6, 6.07) is 117. The Balaban J connectivity index is 0.957. The molecule has 0 saturated carbocycles. The van der Waals surface area contributed by atoms with Crippen LogP contribution in [0.25, 0.3) is 121 Å². The fourth-order valence-corrected chi connectivity index (χ4v) is 13.2. The predicted octanol–water partition coefficient (Wildman–Crippen LogP) is 21.2. The van der Waals surface area contributed by atoms with Gasteiger partial charge in [0, 0.05) is 0 Å². The van der Waals surface area contributed by atoms with Gasteiger partial charge in [-0.1, -0.05) is 279 Å². The van der Waals surface area contributed by atoms with E-state index in [2.05, 4.69) is 315 Å². The third-order valence-corrected chi connectivity index (χ3v) is 16.7. The van der Waals surface area contributed by atoms with Gasteiger partial charge in [0.25, 0.3) is 0 Å². The fraction of sp³-hybridized carbons (Fsp3) is 0.0127. The Morgan fingerprint density at radius 2 is 0.532 bits per heavy atom. The molecule has 0 nitrogen and oxygen atoms in total. The summed E-state index contributed by atoms with van der Waals surface area (Å²) in [4.78, 5) is 0. The minimum atomic E-state index is -0.647. The molecule has 0 saturated heterocycles. The Morgan fingerprint density at radius 1 is 0.165 bits per heavy atom. The molecule has 1 aliphatic rings. The van der Waals surface area contributed by atoms with Gasteiger partial charge in [-0.25, -0.2) is 0 Å². The Kier molecular flexibility index (Phi) is 11.2. The van der Waals surface area contributed by atoms with Gasteiger partial charge in [0.05, 0.1) is 5.41 Å². The van der Waals surface area contributed by atoms with Crippen molar-refractivity contribution in [3.63, 3.8) is 0 Å². The van der Waals surface area contributed by atoms with Crippen molar-refractivity contribution < 1.29 is 0 Å². The van der Waals surface area contributed by atoms with Gasteiger partial charge in [0.15, 0.2) is 0 Å². The minimum absolute atomic E-state index is 0.647. The number of benzene rings is 14. The smallest absolute Gasteiger partial charge is 0.0622 e. The van der Waals surface area contributed by atoms with Crippen molar-refractivity contribution in [2.24, 2.45) is 0 Å². The monoisotopic (exact) mass is 1000 g/mol. The van der Waals surface area contributed by atoms with Gasteiger partial charge in [-0.15, -0.1) is 0 Å². The van der Waals surface area contributed by atoms with Crippen molar-refractivity contribution in [1.82, 2.24) is 0 Å². The van der Waals surface area contributed by atoms with Crippen LogP contribution in [0, 0.1) is 0 Å². The second kappa shape index (κ2) is 19.2. The standard InChI is InChI=1S/C79H52/c1-5-23-53(24-6-1)57-31-21-33-63(50-57)79(64-34-22-32-58(51-64)54-25-7-2-8-26-54)75-42-20-19-37-68(75)69-44-43-59(52-76(69)79)77-70-38-15-17-40-72(70)78(73-41-18-16-39-71(73)77)74-46-45-65(66-35-13-14-36-67(66)74)62-48-60(55-27-9-3-10-28-55)47-61(49-62)56-29-11-4-12-30-56/h1-52H. The van der Waals surface area contributed by atoms with Crippen LogP contribution in [-0.2, 0) is 5.41 Å². The van der Waals surface area contributed by atoms with Gasteiger partial charge in [-0.2, -0.15) is 0 Å². The van der Waals surface area contributed by atoms with Crippen molar-refractivity contribution in [1.29, 1.82) is 0 Å². The molecule has 0 heterocycles. The SMILES string of the molecule is c1ccc(-c2cc(-c3ccccc3)cc(-c3ccc(-c4c5ccccc5c(-c5ccc6c(c5)C(c5cccc(-c7ccccc7)c5)(c5cccc(-c7ccccc7)c5)c5ccccc5-6)c5ccccc45)c4ccccc34)c2)cc1. The molecule has 0 aromatic heterocycles. The van der Waals surface area contributed by atoms with Crippen LogP contribution < -0.4 is 0 Å². The molecule has 0 amide bonds. The van der Waals surface area contributed by atoms with Crippen molar-refractivity contribution >= 4 is 32.3 Å². The Hall–Kier alpha value is -10.1. The summed E-state index contributed by atoms with van der Waals surface area (Å²) in [5, 5.41) is 7.37. The molecular weight excluding hydrogens is 949 g/mol. The first-order valence-electron chi connectivity index (χ1n) is 27.5. The topological polar surface area (TPSA) is 0 Å². The lowest BCUT2D eigenvalue weighted by atomic mass is 9.66. The summed E-state index contributed by atoms with van der Waals surface area (Å²) in [6.07, 6.45) is 0. The molecule has 368 valence electrons. The number of hydrogen-bond donors (Lipinski definition) is 0. The highest BCUT2D eigenvalue weighted by Crippen LogP contribution is 2.58. The summed E-state index contributed by atoms with van der Waals surface area (Å²) >= 11 is 0. The average Bonchev–Trinajstić information content (AvgIpc) is 4.04. The largest absolute Gasteiger partial charge is 0.0714 e. The van der Waals surface area contributed by atoms with Crippen LogP contribution in [0.5, 0.6) is 0 Å². The van der Waals surface area contributed by atoms with Gasteiger partial charge in [-0.3, -0.25) is 0 Å². The Bertz CT molecular complexity index is 4430. The second-order valence-corrected chi connectivity index (χ2v) is 21.0. The van der Waals surface area contributed by atoms with E-state index in [-0.39, 0.29) is 0 Å². The quantitative estimate of drug-likeness (QED) is 0.126. The second-order valence-electron chi connectivity index (χ2n) is 21.0. The third-order valence-electron chi connectivity index (χ3n) is 16.7. The van der Waals surface area contributed by atoms with Crippen LogP contribution in [0.1, 0.15) is 22.3 Å². The summed E-state index contributed by atoms with van der Waals surface area (Å²) in [6.45, 7) is 0. The first-order valence-corrected chi connectivity index (χ1v) is 27.5. The van der Waals surface area contributed by atoms with E-state index in [1.807, 2.05) is 0 Å². The van der Waals surface area contributed by atoms with Gasteiger partial charge < -0.3 is 0 Å².